The number of rotatable bonds is 2. The molecule has 0 saturated carbocycles. The number of hydrogen-bond acceptors (Lipinski definition) is 1. The van der Waals surface area contributed by atoms with Crippen LogP contribution >= 0.6 is 11.6 Å². The second kappa shape index (κ2) is 4.57. The van der Waals surface area contributed by atoms with E-state index in [1.54, 1.807) is 0 Å². The third kappa shape index (κ3) is 3.83. The van der Waals surface area contributed by atoms with E-state index in [4.69, 9.17) is 11.6 Å². The van der Waals surface area contributed by atoms with Crippen molar-refractivity contribution < 1.29 is 17.9 Å². The Morgan fingerprint density at radius 3 is 2.20 bits per heavy atom. The summed E-state index contributed by atoms with van der Waals surface area (Å²) in [6, 6.07) is 5.92. The van der Waals surface area contributed by atoms with Crippen molar-refractivity contribution in [2.75, 3.05) is 7.11 Å². The maximum atomic E-state index is 12.1. The van der Waals surface area contributed by atoms with Crippen LogP contribution in [0, 0.1) is 0 Å². The van der Waals surface area contributed by atoms with E-state index in [0.717, 1.165) is 0 Å². The van der Waals surface area contributed by atoms with E-state index in [-0.39, 0.29) is 11.8 Å². The first-order valence-corrected chi connectivity index (χ1v) is 4.39. The molecule has 1 aromatic rings. The lowest BCUT2D eigenvalue weighted by Crippen LogP contribution is -2.04. The average Bonchev–Trinajstić information content (AvgIpc) is 2.14. The molecule has 0 N–H and O–H groups in total. The molecule has 0 aromatic heterocycles. The largest absolute Gasteiger partial charge is 0.496 e. The molecule has 0 aliphatic heterocycles. The first-order valence-electron chi connectivity index (χ1n) is 4.02. The molecule has 0 aliphatic carbocycles. The summed E-state index contributed by atoms with van der Waals surface area (Å²) < 4.78 is 40.9. The third-order valence-electron chi connectivity index (χ3n) is 1.64. The van der Waals surface area contributed by atoms with Crippen molar-refractivity contribution in [3.8, 4) is 0 Å². The van der Waals surface area contributed by atoms with E-state index in [9.17, 15) is 13.2 Å². The Hall–Kier alpha value is -1.16. The summed E-state index contributed by atoms with van der Waals surface area (Å²) in [6.07, 6.45) is -4.29. The van der Waals surface area contributed by atoms with Crippen molar-refractivity contribution in [1.82, 2.24) is 0 Å². The Bertz CT molecular complexity index is 354. The second-order valence-electron chi connectivity index (χ2n) is 2.76. The minimum atomic E-state index is -4.40. The van der Waals surface area contributed by atoms with Gasteiger partial charge in [-0.25, -0.2) is 0 Å². The Morgan fingerprint density at radius 1 is 1.27 bits per heavy atom. The van der Waals surface area contributed by atoms with E-state index in [1.165, 1.54) is 31.4 Å². The van der Waals surface area contributed by atoms with Crippen LogP contribution in [0.1, 0.15) is 5.56 Å². The highest BCUT2D eigenvalue weighted by atomic mass is 35.5. The molecule has 0 atom stereocenters. The van der Waals surface area contributed by atoms with Crippen LogP contribution in [0.3, 0.4) is 0 Å². The summed E-state index contributed by atoms with van der Waals surface area (Å²) in [5.74, 6) is -0.237. The summed E-state index contributed by atoms with van der Waals surface area (Å²) in [6.45, 7) is 0. The monoisotopic (exact) mass is 236 g/mol. The van der Waals surface area contributed by atoms with Crippen LogP contribution in [0.4, 0.5) is 13.2 Å². The summed E-state index contributed by atoms with van der Waals surface area (Å²) >= 11 is 5.61. The topological polar surface area (TPSA) is 9.23 Å². The van der Waals surface area contributed by atoms with Gasteiger partial charge < -0.3 is 4.74 Å². The molecule has 1 rings (SSSR count). The number of allylic oxidation sites excluding steroid dienone is 1. The number of methoxy groups -OCH3 is 1. The normalized spacial score (nSPS) is 12.7. The molecule has 5 heteroatoms. The number of benzene rings is 1. The van der Waals surface area contributed by atoms with Gasteiger partial charge >= 0.3 is 6.18 Å². The summed E-state index contributed by atoms with van der Waals surface area (Å²) in [5.41, 5.74) is 0.333. The Labute approximate surface area is 90.1 Å². The minimum absolute atomic E-state index is 0.107. The Balaban J connectivity index is 3.03. The average molecular weight is 237 g/mol. The first kappa shape index (κ1) is 11.9. The molecular formula is C10H8ClF3O. The lowest BCUT2D eigenvalue weighted by Gasteiger charge is -2.08. The van der Waals surface area contributed by atoms with Crippen LogP contribution in [0.15, 0.2) is 30.3 Å². The van der Waals surface area contributed by atoms with Crippen molar-refractivity contribution in [2.45, 2.75) is 6.18 Å². The van der Waals surface area contributed by atoms with E-state index in [1.807, 2.05) is 0 Å². The predicted octanol–water partition coefficient (Wildman–Crippen LogP) is 3.89. The van der Waals surface area contributed by atoms with Crippen LogP contribution in [-0.2, 0) is 4.74 Å². The van der Waals surface area contributed by atoms with Gasteiger partial charge in [0.2, 0.25) is 0 Å². The van der Waals surface area contributed by atoms with Gasteiger partial charge in [-0.2, -0.15) is 13.2 Å². The number of alkyl halides is 3. The maximum Gasteiger partial charge on any atom is 0.413 e. The van der Waals surface area contributed by atoms with Gasteiger partial charge in [-0.15, -0.1) is 0 Å². The lowest BCUT2D eigenvalue weighted by atomic mass is 10.2. The van der Waals surface area contributed by atoms with Gasteiger partial charge in [-0.1, -0.05) is 11.6 Å². The maximum absolute atomic E-state index is 12.1. The number of ether oxygens (including phenoxy) is 1. The van der Waals surface area contributed by atoms with E-state index >= 15 is 0 Å². The van der Waals surface area contributed by atoms with Crippen molar-refractivity contribution in [1.29, 1.82) is 0 Å². The van der Waals surface area contributed by atoms with Crippen LogP contribution in [0.5, 0.6) is 0 Å². The zero-order chi connectivity index (χ0) is 11.5. The summed E-state index contributed by atoms with van der Waals surface area (Å²) in [5, 5.41) is 0.459. The highest BCUT2D eigenvalue weighted by molar-refractivity contribution is 6.30. The highest BCUT2D eigenvalue weighted by Gasteiger charge is 2.25. The van der Waals surface area contributed by atoms with Crippen LogP contribution in [-0.4, -0.2) is 13.3 Å². The van der Waals surface area contributed by atoms with Gasteiger partial charge in [0, 0.05) is 10.6 Å². The van der Waals surface area contributed by atoms with E-state index in [0.29, 0.717) is 10.6 Å². The van der Waals surface area contributed by atoms with Gasteiger partial charge in [-0.05, 0) is 24.3 Å². The van der Waals surface area contributed by atoms with Crippen molar-refractivity contribution >= 4 is 17.4 Å². The summed E-state index contributed by atoms with van der Waals surface area (Å²) in [7, 11) is 1.19. The van der Waals surface area contributed by atoms with E-state index in [2.05, 4.69) is 4.74 Å². The minimum Gasteiger partial charge on any atom is -0.496 e. The summed E-state index contributed by atoms with van der Waals surface area (Å²) in [4.78, 5) is 0. The van der Waals surface area contributed by atoms with Crippen LogP contribution in [0.2, 0.25) is 5.02 Å². The molecule has 0 heterocycles. The van der Waals surface area contributed by atoms with Crippen LogP contribution < -0.4 is 0 Å². The molecule has 0 bridgehead atoms. The third-order valence-corrected chi connectivity index (χ3v) is 1.90. The lowest BCUT2D eigenvalue weighted by molar-refractivity contribution is -0.0804. The van der Waals surface area contributed by atoms with Gasteiger partial charge in [0.1, 0.15) is 5.76 Å². The molecular weight excluding hydrogens is 229 g/mol. The Kier molecular flexibility index (Phi) is 3.63. The molecule has 0 fully saturated rings. The molecule has 1 aromatic carbocycles. The standard InChI is InChI=1S/C10H8ClF3O/c1-15-9(6-10(12,13)14)7-2-4-8(11)5-3-7/h2-6H,1H3. The number of hydrogen-bond donors (Lipinski definition) is 0. The fourth-order valence-electron chi connectivity index (χ4n) is 1.02. The zero-order valence-electron chi connectivity index (χ0n) is 7.81. The molecule has 15 heavy (non-hydrogen) atoms. The fraction of sp³-hybridized carbons (Fsp3) is 0.200. The fourth-order valence-corrected chi connectivity index (χ4v) is 1.15. The van der Waals surface area contributed by atoms with Crippen molar-refractivity contribution in [3.63, 3.8) is 0 Å². The molecule has 0 saturated heterocycles. The predicted molar refractivity (Wildman–Crippen MR) is 52.5 cm³/mol. The Morgan fingerprint density at radius 2 is 1.80 bits per heavy atom. The van der Waals surface area contributed by atoms with Crippen LogP contribution in [0.25, 0.3) is 5.76 Å². The SMILES string of the molecule is COC(=CC(F)(F)F)c1ccc(Cl)cc1. The zero-order valence-corrected chi connectivity index (χ0v) is 8.56. The smallest absolute Gasteiger partial charge is 0.413 e. The molecule has 0 radical (unpaired) electrons. The second-order valence-corrected chi connectivity index (χ2v) is 3.20. The molecule has 1 nitrogen and oxygen atoms in total. The highest BCUT2D eigenvalue weighted by Crippen LogP contribution is 2.25. The molecule has 0 spiro atoms. The van der Waals surface area contributed by atoms with Crippen molar-refractivity contribution in [2.24, 2.45) is 0 Å². The van der Waals surface area contributed by atoms with Crippen molar-refractivity contribution in [3.05, 3.63) is 40.9 Å². The quantitative estimate of drug-likeness (QED) is 0.708. The molecule has 0 aliphatic rings. The van der Waals surface area contributed by atoms with Gasteiger partial charge in [0.15, 0.2) is 0 Å². The molecule has 0 unspecified atom stereocenters. The molecule has 82 valence electrons. The molecule has 0 amide bonds. The van der Waals surface area contributed by atoms with Gasteiger partial charge in [0.25, 0.3) is 0 Å². The first-order chi connectivity index (χ1) is 6.92. The van der Waals surface area contributed by atoms with Gasteiger partial charge in [-0.3, -0.25) is 0 Å². The van der Waals surface area contributed by atoms with E-state index < -0.39 is 6.18 Å². The number of halogens is 4. The van der Waals surface area contributed by atoms with Gasteiger partial charge in [0.05, 0.1) is 13.2 Å².